The molecule has 7 heteroatoms. The molecule has 0 atom stereocenters. The summed E-state index contributed by atoms with van der Waals surface area (Å²) in [5.41, 5.74) is 0.443. The van der Waals surface area contributed by atoms with Crippen LogP contribution in [0.4, 0.5) is 4.79 Å². The van der Waals surface area contributed by atoms with Crippen LogP contribution in [0.1, 0.15) is 43.0 Å². The minimum Gasteiger partial charge on any atom is -0.434 e. The van der Waals surface area contributed by atoms with Gasteiger partial charge in [-0.2, -0.15) is 0 Å². The van der Waals surface area contributed by atoms with E-state index < -0.39 is 6.16 Å². The molecular formula is C18H24N2O5. The van der Waals surface area contributed by atoms with Gasteiger partial charge in [0.25, 0.3) is 5.91 Å². The van der Waals surface area contributed by atoms with E-state index in [4.69, 9.17) is 4.74 Å². The van der Waals surface area contributed by atoms with Gasteiger partial charge >= 0.3 is 6.16 Å². The third-order valence-electron chi connectivity index (χ3n) is 4.02. The third-order valence-corrected chi connectivity index (χ3v) is 4.02. The van der Waals surface area contributed by atoms with Crippen molar-refractivity contribution in [2.24, 2.45) is 5.92 Å². The van der Waals surface area contributed by atoms with Gasteiger partial charge in [-0.05, 0) is 44.0 Å². The molecule has 2 N–H and O–H groups in total. The molecule has 0 spiro atoms. The Hall–Kier alpha value is -2.57. The summed E-state index contributed by atoms with van der Waals surface area (Å²) >= 11 is 0. The van der Waals surface area contributed by atoms with Gasteiger partial charge in [0.15, 0.2) is 0 Å². The SMILES string of the molecule is CCOC(=O)Oc1ccc(C(=O)NCCNC(=O)C2CCCC2)cc1. The molecule has 0 bridgehead atoms. The topological polar surface area (TPSA) is 93.7 Å². The average Bonchev–Trinajstić information content (AvgIpc) is 3.14. The van der Waals surface area contributed by atoms with Crippen molar-refractivity contribution in [3.8, 4) is 5.75 Å². The van der Waals surface area contributed by atoms with Gasteiger partial charge < -0.3 is 20.1 Å². The first kappa shape index (κ1) is 18.8. The number of ether oxygens (including phenoxy) is 2. The Balaban J connectivity index is 1.69. The van der Waals surface area contributed by atoms with E-state index in [2.05, 4.69) is 15.4 Å². The summed E-state index contributed by atoms with van der Waals surface area (Å²) in [5.74, 6) is 0.256. The van der Waals surface area contributed by atoms with E-state index >= 15 is 0 Å². The predicted octanol–water partition coefficient (Wildman–Crippen LogP) is 2.26. The van der Waals surface area contributed by atoms with Crippen LogP contribution in [0.5, 0.6) is 5.75 Å². The lowest BCUT2D eigenvalue weighted by atomic mass is 10.1. The highest BCUT2D eigenvalue weighted by Crippen LogP contribution is 2.24. The fraction of sp³-hybridized carbons (Fsp3) is 0.500. The Morgan fingerprint density at radius 3 is 2.32 bits per heavy atom. The van der Waals surface area contributed by atoms with E-state index in [-0.39, 0.29) is 24.3 Å². The average molecular weight is 348 g/mol. The number of rotatable bonds is 7. The lowest BCUT2D eigenvalue weighted by molar-refractivity contribution is -0.124. The van der Waals surface area contributed by atoms with Crippen LogP contribution in [0, 0.1) is 5.92 Å². The van der Waals surface area contributed by atoms with Crippen LogP contribution >= 0.6 is 0 Å². The van der Waals surface area contributed by atoms with Gasteiger partial charge in [-0.15, -0.1) is 0 Å². The Bertz CT molecular complexity index is 594. The first-order chi connectivity index (χ1) is 12.1. The van der Waals surface area contributed by atoms with Crippen molar-refractivity contribution in [1.82, 2.24) is 10.6 Å². The monoisotopic (exact) mass is 348 g/mol. The van der Waals surface area contributed by atoms with E-state index in [1.54, 1.807) is 19.1 Å². The molecule has 2 amide bonds. The standard InChI is InChI=1S/C18H24N2O5/c1-2-24-18(23)25-15-9-7-14(8-10-15)17(22)20-12-11-19-16(21)13-5-3-4-6-13/h7-10,13H,2-6,11-12H2,1H3,(H,19,21)(H,20,22). The minimum atomic E-state index is -0.780. The number of benzene rings is 1. The van der Waals surface area contributed by atoms with E-state index in [9.17, 15) is 14.4 Å². The van der Waals surface area contributed by atoms with Crippen LogP contribution in [0.2, 0.25) is 0 Å². The van der Waals surface area contributed by atoms with Gasteiger partial charge in [0, 0.05) is 24.6 Å². The van der Waals surface area contributed by atoms with Crippen LogP contribution in [0.25, 0.3) is 0 Å². The highest BCUT2D eigenvalue weighted by molar-refractivity contribution is 5.94. The normalized spacial score (nSPS) is 14.0. The highest BCUT2D eigenvalue weighted by Gasteiger charge is 2.21. The first-order valence-electron chi connectivity index (χ1n) is 8.60. The van der Waals surface area contributed by atoms with Gasteiger partial charge in [0.1, 0.15) is 5.75 Å². The molecule has 1 fully saturated rings. The van der Waals surface area contributed by atoms with E-state index in [1.165, 1.54) is 12.1 Å². The quantitative estimate of drug-likeness (QED) is 0.448. The Morgan fingerprint density at radius 1 is 1.04 bits per heavy atom. The summed E-state index contributed by atoms with van der Waals surface area (Å²) in [4.78, 5) is 35.1. The maximum atomic E-state index is 12.0. The second-order valence-corrected chi connectivity index (χ2v) is 5.84. The molecule has 1 saturated carbocycles. The van der Waals surface area contributed by atoms with Gasteiger partial charge in [-0.25, -0.2) is 4.79 Å². The van der Waals surface area contributed by atoms with Crippen LogP contribution in [-0.2, 0) is 9.53 Å². The lowest BCUT2D eigenvalue weighted by Crippen LogP contribution is -2.37. The van der Waals surface area contributed by atoms with Crippen LogP contribution in [0.3, 0.4) is 0 Å². The maximum Gasteiger partial charge on any atom is 0.513 e. The molecule has 0 radical (unpaired) electrons. The van der Waals surface area contributed by atoms with E-state index in [0.717, 1.165) is 25.7 Å². The molecular weight excluding hydrogens is 324 g/mol. The highest BCUT2D eigenvalue weighted by atomic mass is 16.7. The predicted molar refractivity (Wildman–Crippen MR) is 91.4 cm³/mol. The van der Waals surface area contributed by atoms with Crippen molar-refractivity contribution in [3.63, 3.8) is 0 Å². The molecule has 0 saturated heterocycles. The minimum absolute atomic E-state index is 0.0761. The second-order valence-electron chi connectivity index (χ2n) is 5.84. The summed E-state index contributed by atoms with van der Waals surface area (Å²) in [5, 5.41) is 5.59. The number of nitrogens with one attached hydrogen (secondary N) is 2. The molecule has 1 aliphatic carbocycles. The van der Waals surface area contributed by atoms with Gasteiger partial charge in [0.05, 0.1) is 6.61 Å². The summed E-state index contributed by atoms with van der Waals surface area (Å²) < 4.78 is 9.59. The molecule has 7 nitrogen and oxygen atoms in total. The summed E-state index contributed by atoms with van der Waals surface area (Å²) in [6.07, 6.45) is 3.37. The Labute approximate surface area is 147 Å². The van der Waals surface area contributed by atoms with Crippen molar-refractivity contribution in [2.45, 2.75) is 32.6 Å². The second kappa shape index (κ2) is 9.66. The zero-order chi connectivity index (χ0) is 18.1. The Kier molecular flexibility index (Phi) is 7.25. The smallest absolute Gasteiger partial charge is 0.434 e. The molecule has 0 heterocycles. The van der Waals surface area contributed by atoms with Crippen molar-refractivity contribution < 1.29 is 23.9 Å². The van der Waals surface area contributed by atoms with Crippen molar-refractivity contribution in [1.29, 1.82) is 0 Å². The number of carbonyl (C=O) groups excluding carboxylic acids is 3. The molecule has 1 aromatic carbocycles. The fourth-order valence-corrected chi connectivity index (χ4v) is 2.71. The van der Waals surface area contributed by atoms with Crippen LogP contribution < -0.4 is 15.4 Å². The van der Waals surface area contributed by atoms with Gasteiger partial charge in [-0.3, -0.25) is 9.59 Å². The number of amides is 2. The number of carbonyl (C=O) groups is 3. The zero-order valence-corrected chi connectivity index (χ0v) is 14.4. The van der Waals surface area contributed by atoms with E-state index in [0.29, 0.717) is 24.4 Å². The van der Waals surface area contributed by atoms with Crippen molar-refractivity contribution in [3.05, 3.63) is 29.8 Å². The fourth-order valence-electron chi connectivity index (χ4n) is 2.71. The van der Waals surface area contributed by atoms with Crippen LogP contribution in [-0.4, -0.2) is 37.7 Å². The molecule has 136 valence electrons. The summed E-state index contributed by atoms with van der Waals surface area (Å²) in [6.45, 7) is 2.69. The molecule has 0 unspecified atom stereocenters. The zero-order valence-electron chi connectivity index (χ0n) is 14.4. The summed E-state index contributed by atoms with van der Waals surface area (Å²) in [7, 11) is 0. The molecule has 1 aliphatic rings. The first-order valence-corrected chi connectivity index (χ1v) is 8.60. The molecule has 25 heavy (non-hydrogen) atoms. The van der Waals surface area contributed by atoms with Gasteiger partial charge in [0.2, 0.25) is 5.91 Å². The van der Waals surface area contributed by atoms with E-state index in [1.807, 2.05) is 0 Å². The molecule has 0 aromatic heterocycles. The summed E-state index contributed by atoms with van der Waals surface area (Å²) in [6, 6.07) is 6.16. The maximum absolute atomic E-state index is 12.0. The van der Waals surface area contributed by atoms with Crippen LogP contribution in [0.15, 0.2) is 24.3 Å². The molecule has 0 aliphatic heterocycles. The van der Waals surface area contributed by atoms with Gasteiger partial charge in [-0.1, -0.05) is 12.8 Å². The van der Waals surface area contributed by atoms with Crippen molar-refractivity contribution in [2.75, 3.05) is 19.7 Å². The Morgan fingerprint density at radius 2 is 1.68 bits per heavy atom. The number of hydrogen-bond donors (Lipinski definition) is 2. The third kappa shape index (κ3) is 6.10. The lowest BCUT2D eigenvalue weighted by Gasteiger charge is -2.11. The van der Waals surface area contributed by atoms with Crippen molar-refractivity contribution >= 4 is 18.0 Å². The number of hydrogen-bond acceptors (Lipinski definition) is 5. The molecule has 1 aromatic rings. The largest absolute Gasteiger partial charge is 0.513 e. The molecule has 2 rings (SSSR count).